The second-order valence-corrected chi connectivity index (χ2v) is 9.04. The Labute approximate surface area is 140 Å². The summed E-state index contributed by atoms with van der Waals surface area (Å²) in [4.78, 5) is 1.40. The van der Waals surface area contributed by atoms with E-state index in [4.69, 9.17) is 0 Å². The normalized spacial score (nSPS) is 12.9. The molecule has 1 unspecified atom stereocenters. The van der Waals surface area contributed by atoms with Gasteiger partial charge < -0.3 is 0 Å². The van der Waals surface area contributed by atoms with E-state index in [2.05, 4.69) is 93.6 Å². The number of hydrogen-bond acceptors (Lipinski definition) is 0. The number of benzene rings is 3. The van der Waals surface area contributed by atoms with Crippen molar-refractivity contribution in [1.82, 2.24) is 0 Å². The van der Waals surface area contributed by atoms with E-state index in [1.807, 2.05) is 0 Å². The van der Waals surface area contributed by atoms with Crippen LogP contribution in [0.2, 0.25) is 0 Å². The summed E-state index contributed by atoms with van der Waals surface area (Å²) in [7, 11) is 0.0244. The molecule has 1 aromatic heterocycles. The predicted octanol–water partition coefficient (Wildman–Crippen LogP) is 7.03. The lowest BCUT2D eigenvalue weighted by Crippen LogP contribution is -2.10. The van der Waals surface area contributed by atoms with Crippen molar-refractivity contribution in [3.05, 3.63) is 78.4 Å². The molecule has 0 saturated heterocycles. The summed E-state index contributed by atoms with van der Waals surface area (Å²) in [5.74, 6) is 0. The molecule has 0 nitrogen and oxygen atoms in total. The predicted molar refractivity (Wildman–Crippen MR) is 104 cm³/mol. The third-order valence-corrected chi connectivity index (χ3v) is 6.78. The van der Waals surface area contributed by atoms with Crippen molar-refractivity contribution in [2.75, 3.05) is 0 Å². The zero-order valence-electron chi connectivity index (χ0n) is 13.8. The number of thiophene rings is 1. The molecule has 0 N–H and O–H groups in total. The summed E-state index contributed by atoms with van der Waals surface area (Å²) >= 11 is 0. The molecule has 0 aliphatic rings. The fraction of sp³-hybridized carbons (Fsp3) is 0.182. The molecule has 1 heteroatoms. The average molecular weight is 317 g/mol. The standard InChI is InChI=1S/C22H21S/c1-22(2,3)16-13-14-21-19(15-16)18-11-7-8-12-20(18)23(21)17-9-5-4-6-10-17/h4-15H,1-3H3/q+1. The Hall–Kier alpha value is -2.12. The van der Waals surface area contributed by atoms with Gasteiger partial charge in [-0.05, 0) is 47.4 Å². The molecule has 0 aliphatic carbocycles. The molecule has 0 amide bonds. The van der Waals surface area contributed by atoms with Crippen molar-refractivity contribution in [2.24, 2.45) is 0 Å². The molecule has 1 atom stereocenters. The Balaban J connectivity index is 2.13. The van der Waals surface area contributed by atoms with Crippen molar-refractivity contribution < 1.29 is 0 Å². The van der Waals surface area contributed by atoms with E-state index in [1.165, 1.54) is 30.6 Å². The van der Waals surface area contributed by atoms with Crippen LogP contribution in [0.3, 0.4) is 0 Å². The number of rotatable bonds is 1. The van der Waals surface area contributed by atoms with Gasteiger partial charge in [-0.2, -0.15) is 0 Å². The Morgan fingerprint density at radius 2 is 1.30 bits per heavy atom. The Morgan fingerprint density at radius 1 is 0.652 bits per heavy atom. The van der Waals surface area contributed by atoms with E-state index in [-0.39, 0.29) is 15.9 Å². The van der Waals surface area contributed by atoms with Crippen LogP contribution in [-0.2, 0) is 5.41 Å². The molecule has 0 bridgehead atoms. The van der Waals surface area contributed by atoms with Gasteiger partial charge in [-0.25, -0.2) is 0 Å². The van der Waals surface area contributed by atoms with E-state index in [9.17, 15) is 0 Å². The van der Waals surface area contributed by atoms with Gasteiger partial charge in [0.2, 0.25) is 0 Å². The van der Waals surface area contributed by atoms with Crippen molar-refractivity contribution in [3.8, 4) is 4.90 Å². The van der Waals surface area contributed by atoms with Crippen LogP contribution in [0.4, 0.5) is 0 Å². The minimum atomic E-state index is 0.0244. The number of hydrogen-bond donors (Lipinski definition) is 0. The fourth-order valence-corrected chi connectivity index (χ4v) is 5.56. The third kappa shape index (κ3) is 2.36. The number of fused-ring (bicyclic) bond motifs is 3. The molecule has 4 aromatic rings. The van der Waals surface area contributed by atoms with Gasteiger partial charge in [-0.3, -0.25) is 0 Å². The van der Waals surface area contributed by atoms with Gasteiger partial charge in [-0.15, -0.1) is 0 Å². The van der Waals surface area contributed by atoms with Gasteiger partial charge in [0.1, 0.15) is 0 Å². The van der Waals surface area contributed by atoms with Gasteiger partial charge in [0.25, 0.3) is 0 Å². The van der Waals surface area contributed by atoms with Crippen LogP contribution in [0.25, 0.3) is 25.1 Å². The second kappa shape index (κ2) is 5.21. The van der Waals surface area contributed by atoms with Crippen molar-refractivity contribution >= 4 is 30.6 Å². The lowest BCUT2D eigenvalue weighted by Gasteiger charge is -2.18. The highest BCUT2D eigenvalue weighted by Crippen LogP contribution is 2.48. The maximum Gasteiger partial charge on any atom is 0.187 e. The van der Waals surface area contributed by atoms with Gasteiger partial charge in [0.15, 0.2) is 14.3 Å². The highest BCUT2D eigenvalue weighted by molar-refractivity contribution is 7.50. The minimum Gasteiger partial charge on any atom is -0.0619 e. The molecule has 3 aromatic carbocycles. The van der Waals surface area contributed by atoms with E-state index >= 15 is 0 Å². The highest BCUT2D eigenvalue weighted by Gasteiger charge is 2.25. The maximum absolute atomic E-state index is 2.41. The summed E-state index contributed by atoms with van der Waals surface area (Å²) < 4.78 is 2.92. The molecule has 23 heavy (non-hydrogen) atoms. The first-order valence-corrected chi connectivity index (χ1v) is 9.31. The molecular weight excluding hydrogens is 296 g/mol. The molecule has 114 valence electrons. The van der Waals surface area contributed by atoms with Gasteiger partial charge in [-0.1, -0.05) is 57.2 Å². The zero-order chi connectivity index (χ0) is 16.0. The van der Waals surface area contributed by atoms with Crippen LogP contribution in [0, 0.1) is 0 Å². The average Bonchev–Trinajstić information content (AvgIpc) is 2.88. The minimum absolute atomic E-state index is 0.0244. The van der Waals surface area contributed by atoms with Gasteiger partial charge in [0, 0.05) is 21.2 Å². The molecule has 0 radical (unpaired) electrons. The summed E-state index contributed by atoms with van der Waals surface area (Å²) in [6, 6.07) is 26.9. The van der Waals surface area contributed by atoms with Crippen molar-refractivity contribution in [3.63, 3.8) is 0 Å². The van der Waals surface area contributed by atoms with Crippen molar-refractivity contribution in [2.45, 2.75) is 26.2 Å². The zero-order valence-corrected chi connectivity index (χ0v) is 14.7. The van der Waals surface area contributed by atoms with E-state index in [0.717, 1.165) is 0 Å². The third-order valence-electron chi connectivity index (χ3n) is 4.44. The molecule has 0 fully saturated rings. The molecule has 0 aliphatic heterocycles. The smallest absolute Gasteiger partial charge is 0.0619 e. The monoisotopic (exact) mass is 317 g/mol. The molecule has 1 heterocycles. The summed E-state index contributed by atoms with van der Waals surface area (Å²) in [5, 5.41) is 2.82. The Morgan fingerprint density at radius 3 is 2.04 bits per heavy atom. The summed E-state index contributed by atoms with van der Waals surface area (Å²) in [5.41, 5.74) is 1.59. The first-order chi connectivity index (χ1) is 11.1. The lowest BCUT2D eigenvalue weighted by molar-refractivity contribution is 0.591. The second-order valence-electron chi connectivity index (χ2n) is 7.08. The largest absolute Gasteiger partial charge is 0.187 e. The highest BCUT2D eigenvalue weighted by atomic mass is 32.2. The summed E-state index contributed by atoms with van der Waals surface area (Å²) in [6.45, 7) is 6.85. The van der Waals surface area contributed by atoms with Crippen molar-refractivity contribution in [1.29, 1.82) is 0 Å². The van der Waals surface area contributed by atoms with E-state index in [1.54, 1.807) is 0 Å². The van der Waals surface area contributed by atoms with Crippen LogP contribution in [0.15, 0.2) is 72.8 Å². The van der Waals surface area contributed by atoms with Gasteiger partial charge >= 0.3 is 0 Å². The molecular formula is C22H21S+. The topological polar surface area (TPSA) is 0 Å². The lowest BCUT2D eigenvalue weighted by atomic mass is 9.86. The van der Waals surface area contributed by atoms with E-state index < -0.39 is 0 Å². The summed E-state index contributed by atoms with van der Waals surface area (Å²) in [6.07, 6.45) is 0. The maximum atomic E-state index is 2.41. The van der Waals surface area contributed by atoms with Crippen LogP contribution < -0.4 is 0 Å². The quantitative estimate of drug-likeness (QED) is 0.331. The Kier molecular flexibility index (Phi) is 3.28. The SMILES string of the molecule is CC(C)(C)c1ccc2c(c1)c1ccccc1[s+]2-c1ccccc1. The fourth-order valence-electron chi connectivity index (χ4n) is 3.18. The van der Waals surface area contributed by atoms with Crippen LogP contribution in [0.1, 0.15) is 26.3 Å². The first-order valence-electron chi connectivity index (χ1n) is 8.09. The van der Waals surface area contributed by atoms with Crippen LogP contribution in [-0.4, -0.2) is 0 Å². The molecule has 0 saturated carbocycles. The van der Waals surface area contributed by atoms with Gasteiger partial charge in [0.05, 0.1) is 0 Å². The Bertz CT molecular complexity index is 985. The molecule has 0 spiro atoms. The molecule has 4 rings (SSSR count). The first kappa shape index (κ1) is 14.5. The van der Waals surface area contributed by atoms with Crippen LogP contribution >= 0.6 is 10.5 Å². The van der Waals surface area contributed by atoms with E-state index in [0.29, 0.717) is 0 Å². The van der Waals surface area contributed by atoms with Crippen LogP contribution in [0.5, 0.6) is 0 Å².